The second kappa shape index (κ2) is 10.5. The molecule has 6 nitrogen and oxygen atoms in total. The molecule has 0 aliphatic carbocycles. The number of amides is 2. The molecule has 7 heteroatoms. The van der Waals surface area contributed by atoms with Gasteiger partial charge in [-0.2, -0.15) is 0 Å². The first kappa shape index (κ1) is 25.0. The molecule has 0 spiro atoms. The summed E-state index contributed by atoms with van der Waals surface area (Å²) in [5, 5.41) is 5.74. The van der Waals surface area contributed by atoms with Gasteiger partial charge in [0.15, 0.2) is 0 Å². The third kappa shape index (κ3) is 6.45. The fourth-order valence-electron chi connectivity index (χ4n) is 3.12. The van der Waals surface area contributed by atoms with Crippen LogP contribution in [0.3, 0.4) is 0 Å². The van der Waals surface area contributed by atoms with Crippen LogP contribution in [0.4, 0.5) is 5.69 Å². The minimum Gasteiger partial charge on any atom is -0.425 e. The van der Waals surface area contributed by atoms with Gasteiger partial charge in [-0.15, -0.1) is 0 Å². The molecule has 1 unspecified atom stereocenters. The van der Waals surface area contributed by atoms with Gasteiger partial charge in [-0.25, -0.2) is 4.79 Å². The minimum absolute atomic E-state index is 0.0148. The maximum absolute atomic E-state index is 12.5. The first-order valence-electron chi connectivity index (χ1n) is 10.8. The molecule has 34 heavy (non-hydrogen) atoms. The Bertz CT molecular complexity index is 1180. The van der Waals surface area contributed by atoms with Gasteiger partial charge in [0.25, 0.3) is 11.8 Å². The zero-order valence-electron chi connectivity index (χ0n) is 19.5. The highest BCUT2D eigenvalue weighted by Crippen LogP contribution is 2.22. The lowest BCUT2D eigenvalue weighted by molar-refractivity contribution is -0.136. The molecular formula is C27H27ClN2O4. The summed E-state index contributed by atoms with van der Waals surface area (Å²) in [6.45, 7) is 7.85. The number of rotatable bonds is 6. The van der Waals surface area contributed by atoms with Gasteiger partial charge in [-0.05, 0) is 66.4 Å². The standard InChI is InChI=1S/C27H27ClN2O4/c1-17(29-24(31)18-9-11-19(12-10-18)27(2,3)4)26(33)34-21-15-13-20(14-16-21)30-25(32)22-7-5-6-8-23(22)28/h5-17H,1-4H3,(H,29,31)(H,30,32). The Hall–Kier alpha value is -3.64. The van der Waals surface area contributed by atoms with Crippen molar-refractivity contribution in [3.63, 3.8) is 0 Å². The maximum Gasteiger partial charge on any atom is 0.333 e. The largest absolute Gasteiger partial charge is 0.425 e. The van der Waals surface area contributed by atoms with Crippen molar-refractivity contribution < 1.29 is 19.1 Å². The highest BCUT2D eigenvalue weighted by atomic mass is 35.5. The van der Waals surface area contributed by atoms with E-state index in [0.717, 1.165) is 5.56 Å². The molecule has 0 bridgehead atoms. The van der Waals surface area contributed by atoms with E-state index in [-0.39, 0.29) is 23.0 Å². The average molecular weight is 479 g/mol. The molecule has 0 radical (unpaired) electrons. The summed E-state index contributed by atoms with van der Waals surface area (Å²) in [5.41, 5.74) is 2.44. The Balaban J connectivity index is 1.55. The summed E-state index contributed by atoms with van der Waals surface area (Å²) >= 11 is 6.05. The third-order valence-electron chi connectivity index (χ3n) is 5.16. The Morgan fingerprint density at radius 3 is 2.06 bits per heavy atom. The topological polar surface area (TPSA) is 84.5 Å². The minimum atomic E-state index is -0.852. The van der Waals surface area contributed by atoms with Crippen molar-refractivity contribution in [2.24, 2.45) is 0 Å². The van der Waals surface area contributed by atoms with Crippen molar-refractivity contribution >= 4 is 35.1 Å². The summed E-state index contributed by atoms with van der Waals surface area (Å²) in [6, 6.07) is 19.5. The molecule has 0 saturated carbocycles. The number of benzene rings is 3. The second-order valence-corrected chi connectivity index (χ2v) is 9.31. The Kier molecular flexibility index (Phi) is 7.74. The zero-order chi connectivity index (χ0) is 24.9. The van der Waals surface area contributed by atoms with Crippen LogP contribution in [-0.2, 0) is 10.2 Å². The van der Waals surface area contributed by atoms with Gasteiger partial charge >= 0.3 is 5.97 Å². The summed E-state index contributed by atoms with van der Waals surface area (Å²) < 4.78 is 5.35. The molecule has 0 heterocycles. The fraction of sp³-hybridized carbons (Fsp3) is 0.222. The predicted octanol–water partition coefficient (Wildman–Crippen LogP) is 5.61. The molecule has 0 saturated heterocycles. The Morgan fingerprint density at radius 1 is 0.853 bits per heavy atom. The monoisotopic (exact) mass is 478 g/mol. The third-order valence-corrected chi connectivity index (χ3v) is 5.49. The summed E-state index contributed by atoms with van der Waals surface area (Å²) in [5.74, 6) is -1.02. The average Bonchev–Trinajstić information content (AvgIpc) is 2.80. The highest BCUT2D eigenvalue weighted by molar-refractivity contribution is 6.34. The number of hydrogen-bond acceptors (Lipinski definition) is 4. The molecular weight excluding hydrogens is 452 g/mol. The quantitative estimate of drug-likeness (QED) is 0.356. The smallest absolute Gasteiger partial charge is 0.333 e. The van der Waals surface area contributed by atoms with E-state index in [2.05, 4.69) is 31.4 Å². The molecule has 0 aliphatic rings. The van der Waals surface area contributed by atoms with E-state index < -0.39 is 12.0 Å². The Morgan fingerprint density at radius 2 is 1.47 bits per heavy atom. The van der Waals surface area contributed by atoms with Crippen molar-refractivity contribution in [1.82, 2.24) is 5.32 Å². The molecule has 0 aliphatic heterocycles. The molecule has 0 aromatic heterocycles. The maximum atomic E-state index is 12.5. The van der Waals surface area contributed by atoms with E-state index in [0.29, 0.717) is 21.8 Å². The van der Waals surface area contributed by atoms with Crippen molar-refractivity contribution in [2.45, 2.75) is 39.2 Å². The van der Waals surface area contributed by atoms with Crippen LogP contribution in [-0.4, -0.2) is 23.8 Å². The van der Waals surface area contributed by atoms with E-state index in [4.69, 9.17) is 16.3 Å². The molecule has 1 atom stereocenters. The lowest BCUT2D eigenvalue weighted by Gasteiger charge is -2.19. The van der Waals surface area contributed by atoms with Crippen LogP contribution in [0.2, 0.25) is 5.02 Å². The SMILES string of the molecule is CC(NC(=O)c1ccc(C(C)(C)C)cc1)C(=O)Oc1ccc(NC(=O)c2ccccc2Cl)cc1. The zero-order valence-corrected chi connectivity index (χ0v) is 20.3. The van der Waals surface area contributed by atoms with Gasteiger partial charge in [0, 0.05) is 11.3 Å². The van der Waals surface area contributed by atoms with Crippen molar-refractivity contribution in [2.75, 3.05) is 5.32 Å². The van der Waals surface area contributed by atoms with Crippen molar-refractivity contribution in [3.05, 3.63) is 94.5 Å². The Labute approximate surface area is 204 Å². The van der Waals surface area contributed by atoms with Crippen molar-refractivity contribution in [1.29, 1.82) is 0 Å². The van der Waals surface area contributed by atoms with E-state index in [1.165, 1.54) is 0 Å². The fourth-order valence-corrected chi connectivity index (χ4v) is 3.34. The van der Waals surface area contributed by atoms with E-state index in [1.807, 2.05) is 12.1 Å². The van der Waals surface area contributed by atoms with Gasteiger partial charge in [0.1, 0.15) is 11.8 Å². The predicted molar refractivity (Wildman–Crippen MR) is 134 cm³/mol. The normalized spacial score (nSPS) is 11.9. The van der Waals surface area contributed by atoms with Crippen LogP contribution in [0.5, 0.6) is 5.75 Å². The summed E-state index contributed by atoms with van der Waals surface area (Å²) in [4.78, 5) is 37.3. The first-order chi connectivity index (χ1) is 16.0. The number of anilines is 1. The van der Waals surface area contributed by atoms with Gasteiger partial charge in [-0.1, -0.05) is 56.6 Å². The second-order valence-electron chi connectivity index (χ2n) is 8.90. The molecule has 3 aromatic rings. The molecule has 3 rings (SSSR count). The van der Waals surface area contributed by atoms with Gasteiger partial charge in [0.05, 0.1) is 10.6 Å². The highest BCUT2D eigenvalue weighted by Gasteiger charge is 2.20. The van der Waals surface area contributed by atoms with E-state index in [1.54, 1.807) is 67.6 Å². The summed E-state index contributed by atoms with van der Waals surface area (Å²) in [7, 11) is 0. The number of ether oxygens (including phenoxy) is 1. The molecule has 2 N–H and O–H groups in total. The van der Waals surface area contributed by atoms with Crippen LogP contribution in [0.1, 0.15) is 54.0 Å². The number of nitrogens with one attached hydrogen (secondary N) is 2. The number of hydrogen-bond donors (Lipinski definition) is 2. The van der Waals surface area contributed by atoms with Gasteiger partial charge in [-0.3, -0.25) is 9.59 Å². The molecule has 0 fully saturated rings. The molecule has 176 valence electrons. The lowest BCUT2D eigenvalue weighted by Crippen LogP contribution is -2.40. The van der Waals surface area contributed by atoms with Crippen LogP contribution < -0.4 is 15.4 Å². The molecule has 3 aromatic carbocycles. The first-order valence-corrected chi connectivity index (χ1v) is 11.2. The van der Waals surface area contributed by atoms with Gasteiger partial charge < -0.3 is 15.4 Å². The van der Waals surface area contributed by atoms with E-state index >= 15 is 0 Å². The van der Waals surface area contributed by atoms with Crippen LogP contribution in [0, 0.1) is 0 Å². The lowest BCUT2D eigenvalue weighted by atomic mass is 9.86. The van der Waals surface area contributed by atoms with Gasteiger partial charge in [0.2, 0.25) is 0 Å². The van der Waals surface area contributed by atoms with Crippen LogP contribution in [0.15, 0.2) is 72.8 Å². The number of halogens is 1. The van der Waals surface area contributed by atoms with Crippen LogP contribution >= 0.6 is 11.6 Å². The van der Waals surface area contributed by atoms with Crippen molar-refractivity contribution in [3.8, 4) is 5.75 Å². The van der Waals surface area contributed by atoms with E-state index in [9.17, 15) is 14.4 Å². The summed E-state index contributed by atoms with van der Waals surface area (Å²) in [6.07, 6.45) is 0. The van der Waals surface area contributed by atoms with Crippen LogP contribution in [0.25, 0.3) is 0 Å². The number of esters is 1. The molecule has 2 amide bonds. The number of carbonyl (C=O) groups excluding carboxylic acids is 3. The number of carbonyl (C=O) groups is 3.